The fraction of sp³-hybridized carbons (Fsp3) is 0.100. The molecule has 0 saturated heterocycles. The van der Waals surface area contributed by atoms with Crippen LogP contribution in [-0.2, 0) is 6.42 Å². The first kappa shape index (κ1) is 24.3. The minimum Gasteiger partial charge on any atom is -0.456 e. The van der Waals surface area contributed by atoms with E-state index in [1.807, 2.05) is 0 Å². The van der Waals surface area contributed by atoms with Crippen molar-refractivity contribution in [1.82, 2.24) is 4.57 Å². The van der Waals surface area contributed by atoms with E-state index in [1.54, 1.807) is 0 Å². The highest BCUT2D eigenvalue weighted by atomic mass is 16.3. The van der Waals surface area contributed by atoms with Crippen LogP contribution in [0.2, 0.25) is 0 Å². The molecule has 43 heavy (non-hydrogen) atoms. The van der Waals surface area contributed by atoms with Crippen LogP contribution in [0.25, 0.3) is 44.8 Å². The number of allylic oxidation sites excluding steroid dienone is 1. The van der Waals surface area contributed by atoms with Crippen molar-refractivity contribution < 1.29 is 4.42 Å². The minimum absolute atomic E-state index is 0.0290. The fourth-order valence-electron chi connectivity index (χ4n) is 7.44. The molecule has 0 saturated carbocycles. The van der Waals surface area contributed by atoms with Gasteiger partial charge in [0.05, 0.1) is 11.6 Å². The van der Waals surface area contributed by atoms with Gasteiger partial charge < -0.3 is 14.3 Å². The van der Waals surface area contributed by atoms with E-state index in [0.717, 1.165) is 35.6 Å². The van der Waals surface area contributed by atoms with Crippen molar-refractivity contribution in [1.29, 1.82) is 0 Å². The van der Waals surface area contributed by atoms with E-state index >= 15 is 0 Å². The molecule has 0 radical (unpaired) electrons. The molecule has 2 aromatic heterocycles. The molecular formula is C40H30N2O. The number of fused-ring (bicyclic) bond motifs is 8. The number of anilines is 1. The number of hydrogen-bond acceptors (Lipinski definition) is 2. The van der Waals surface area contributed by atoms with Gasteiger partial charge in [-0.25, -0.2) is 0 Å². The summed E-state index contributed by atoms with van der Waals surface area (Å²) in [5, 5.41) is 6.47. The van der Waals surface area contributed by atoms with Crippen LogP contribution < -0.4 is 5.32 Å². The minimum atomic E-state index is 0.0290. The Hall–Kier alpha value is -5.28. The van der Waals surface area contributed by atoms with Gasteiger partial charge in [-0.3, -0.25) is 0 Å². The lowest BCUT2D eigenvalue weighted by molar-refractivity contribution is 0.595. The van der Waals surface area contributed by atoms with Crippen molar-refractivity contribution in [3.8, 4) is 16.8 Å². The number of furan rings is 1. The maximum atomic E-state index is 6.44. The first-order valence-corrected chi connectivity index (χ1v) is 15.2. The summed E-state index contributed by atoms with van der Waals surface area (Å²) in [6.07, 6.45) is 6.43. The first-order chi connectivity index (χ1) is 21.3. The van der Waals surface area contributed by atoms with E-state index in [4.69, 9.17) is 4.42 Å². The molecule has 1 N–H and O–H groups in total. The molecule has 2 heterocycles. The average Bonchev–Trinajstić information content (AvgIpc) is 3.61. The van der Waals surface area contributed by atoms with Crippen LogP contribution in [0.3, 0.4) is 0 Å². The number of benzene rings is 5. The Kier molecular flexibility index (Phi) is 5.45. The van der Waals surface area contributed by atoms with Gasteiger partial charge in [0, 0.05) is 51.0 Å². The van der Waals surface area contributed by atoms with E-state index in [1.165, 1.54) is 49.8 Å². The Labute approximate surface area is 250 Å². The van der Waals surface area contributed by atoms with Crippen molar-refractivity contribution in [3.05, 3.63) is 162 Å². The Morgan fingerprint density at radius 2 is 1.49 bits per heavy atom. The van der Waals surface area contributed by atoms with Crippen molar-refractivity contribution in [3.63, 3.8) is 0 Å². The highest BCUT2D eigenvalue weighted by molar-refractivity contribution is 6.02. The molecule has 0 fully saturated rings. The second-order valence-electron chi connectivity index (χ2n) is 11.6. The molecule has 5 aromatic carbocycles. The molecule has 2 atom stereocenters. The highest BCUT2D eigenvalue weighted by Crippen LogP contribution is 2.54. The largest absolute Gasteiger partial charge is 0.456 e. The molecule has 3 nitrogen and oxygen atoms in total. The summed E-state index contributed by atoms with van der Waals surface area (Å²) in [6.45, 7) is 0. The topological polar surface area (TPSA) is 30.1 Å². The van der Waals surface area contributed by atoms with Crippen molar-refractivity contribution in [2.24, 2.45) is 0 Å². The van der Waals surface area contributed by atoms with Gasteiger partial charge in [-0.2, -0.15) is 0 Å². The number of nitrogens with zero attached hydrogens (tertiary/aromatic N) is 1. The molecule has 2 aliphatic carbocycles. The summed E-state index contributed by atoms with van der Waals surface area (Å²) < 4.78 is 8.94. The standard InChI is InChI=1S/C40H30N2O/c1-3-13-26(14-4-1)37-39(41-27-15-5-2-6-16-27)32-19-8-7-18-31(32)38-33-20-9-11-21-34(33)42(40(37)38)28-23-24-30-29-17-10-12-22-35(29)43-36(30)25-28/h1-9,11-16,18-25,37,39,41H,10,17H2. The molecule has 7 aromatic rings. The maximum absolute atomic E-state index is 6.44. The van der Waals surface area contributed by atoms with Gasteiger partial charge in [0.15, 0.2) is 0 Å². The van der Waals surface area contributed by atoms with Gasteiger partial charge in [0.1, 0.15) is 11.3 Å². The number of rotatable bonds is 4. The van der Waals surface area contributed by atoms with Crippen LogP contribution >= 0.6 is 0 Å². The zero-order chi connectivity index (χ0) is 28.3. The molecule has 0 spiro atoms. The van der Waals surface area contributed by atoms with Gasteiger partial charge in [-0.1, -0.05) is 97.1 Å². The zero-order valence-electron chi connectivity index (χ0n) is 23.7. The molecule has 206 valence electrons. The van der Waals surface area contributed by atoms with Gasteiger partial charge >= 0.3 is 0 Å². The van der Waals surface area contributed by atoms with Gasteiger partial charge in [-0.05, 0) is 65.9 Å². The molecule has 2 aliphatic rings. The smallest absolute Gasteiger partial charge is 0.137 e. The Bertz CT molecular complexity index is 2170. The first-order valence-electron chi connectivity index (χ1n) is 15.2. The monoisotopic (exact) mass is 554 g/mol. The predicted molar refractivity (Wildman–Crippen MR) is 177 cm³/mol. The Morgan fingerprint density at radius 1 is 0.721 bits per heavy atom. The lowest BCUT2D eigenvalue weighted by atomic mass is 9.74. The van der Waals surface area contributed by atoms with Crippen LogP contribution in [0, 0.1) is 0 Å². The van der Waals surface area contributed by atoms with E-state index in [-0.39, 0.29) is 12.0 Å². The number of nitrogens with one attached hydrogen (secondary N) is 1. The Morgan fingerprint density at radius 3 is 2.37 bits per heavy atom. The van der Waals surface area contributed by atoms with Crippen LogP contribution in [0.1, 0.15) is 46.5 Å². The van der Waals surface area contributed by atoms with Crippen LogP contribution in [0.5, 0.6) is 0 Å². The summed E-state index contributed by atoms with van der Waals surface area (Å²) in [5.74, 6) is 1.06. The predicted octanol–water partition coefficient (Wildman–Crippen LogP) is 10.3. The third kappa shape index (κ3) is 3.74. The van der Waals surface area contributed by atoms with Crippen molar-refractivity contribution in [2.75, 3.05) is 5.32 Å². The molecular weight excluding hydrogens is 524 g/mol. The molecule has 2 unspecified atom stereocenters. The summed E-state index contributed by atoms with van der Waals surface area (Å²) in [5.41, 5.74) is 12.2. The number of para-hydroxylation sites is 2. The molecule has 3 heteroatoms. The van der Waals surface area contributed by atoms with Gasteiger partial charge in [0.25, 0.3) is 0 Å². The third-order valence-electron chi connectivity index (χ3n) is 9.26. The third-order valence-corrected chi connectivity index (χ3v) is 9.26. The zero-order valence-corrected chi connectivity index (χ0v) is 23.7. The number of aryl methyl sites for hydroxylation is 1. The molecule has 0 amide bonds. The average molecular weight is 555 g/mol. The molecule has 0 aliphatic heterocycles. The summed E-state index contributed by atoms with van der Waals surface area (Å²) in [4.78, 5) is 0. The maximum Gasteiger partial charge on any atom is 0.137 e. The second-order valence-corrected chi connectivity index (χ2v) is 11.6. The summed E-state index contributed by atoms with van der Waals surface area (Å²) >= 11 is 0. The Balaban J connectivity index is 1.36. The van der Waals surface area contributed by atoms with Crippen LogP contribution in [0.4, 0.5) is 5.69 Å². The van der Waals surface area contributed by atoms with Crippen molar-refractivity contribution in [2.45, 2.75) is 24.8 Å². The van der Waals surface area contributed by atoms with Gasteiger partial charge in [0.2, 0.25) is 0 Å². The molecule has 9 rings (SSSR count). The summed E-state index contributed by atoms with van der Waals surface area (Å²) in [7, 11) is 0. The van der Waals surface area contributed by atoms with Crippen molar-refractivity contribution >= 4 is 33.6 Å². The van der Waals surface area contributed by atoms with E-state index in [9.17, 15) is 0 Å². The number of aromatic nitrogens is 1. The lowest BCUT2D eigenvalue weighted by Gasteiger charge is -2.37. The second kappa shape index (κ2) is 9.64. The SMILES string of the molecule is C1=Cc2oc3cc(-n4c5c(c6ccccc64)-c4ccccc4C(Nc4ccccc4)C5c4ccccc4)ccc3c2CC1. The van der Waals surface area contributed by atoms with E-state index in [0.29, 0.717) is 0 Å². The van der Waals surface area contributed by atoms with Crippen LogP contribution in [0.15, 0.2) is 138 Å². The number of hydrogen-bond donors (Lipinski definition) is 1. The highest BCUT2D eigenvalue weighted by Gasteiger charge is 2.39. The van der Waals surface area contributed by atoms with Crippen LogP contribution in [-0.4, -0.2) is 4.57 Å². The molecule has 0 bridgehead atoms. The summed E-state index contributed by atoms with van der Waals surface area (Å²) in [6, 6.07) is 46.2. The fourth-order valence-corrected chi connectivity index (χ4v) is 7.44. The van der Waals surface area contributed by atoms with Gasteiger partial charge in [-0.15, -0.1) is 0 Å². The lowest BCUT2D eigenvalue weighted by Crippen LogP contribution is -2.26. The van der Waals surface area contributed by atoms with E-state index in [2.05, 4.69) is 149 Å². The van der Waals surface area contributed by atoms with E-state index < -0.39 is 0 Å². The quantitative estimate of drug-likeness (QED) is 0.235. The normalized spacial score (nSPS) is 17.0.